The van der Waals surface area contributed by atoms with Crippen molar-refractivity contribution in [2.45, 2.75) is 31.3 Å². The Labute approximate surface area is 145 Å². The van der Waals surface area contributed by atoms with Crippen molar-refractivity contribution >= 4 is 22.4 Å². The molecule has 2 aliphatic heterocycles. The second-order valence-electron chi connectivity index (χ2n) is 6.32. The average Bonchev–Trinajstić information content (AvgIpc) is 2.52. The van der Waals surface area contributed by atoms with E-state index in [4.69, 9.17) is 4.74 Å². The van der Waals surface area contributed by atoms with Crippen LogP contribution in [-0.2, 0) is 16.4 Å². The fourth-order valence-electron chi connectivity index (χ4n) is 3.70. The number of nitrogens with zero attached hydrogens (tertiary/aromatic N) is 2. The Kier molecular flexibility index (Phi) is 5.61. The molecule has 1 saturated heterocycles. The maximum atomic E-state index is 11.8. The van der Waals surface area contributed by atoms with Gasteiger partial charge < -0.3 is 4.74 Å². The summed E-state index contributed by atoms with van der Waals surface area (Å²) in [6, 6.07) is 6.68. The molecule has 0 bridgehead atoms. The number of halogens is 1. The van der Waals surface area contributed by atoms with Crippen LogP contribution in [0, 0.1) is 0 Å². The van der Waals surface area contributed by atoms with Crippen molar-refractivity contribution in [1.82, 2.24) is 9.21 Å². The first-order valence-corrected chi connectivity index (χ1v) is 9.59. The lowest BCUT2D eigenvalue weighted by Crippen LogP contribution is -2.48. The third-order valence-electron chi connectivity index (χ3n) is 5.10. The van der Waals surface area contributed by atoms with E-state index < -0.39 is 10.0 Å². The Morgan fingerprint density at radius 2 is 2.04 bits per heavy atom. The average molecular weight is 361 g/mol. The molecule has 5 nitrogen and oxygen atoms in total. The van der Waals surface area contributed by atoms with Crippen molar-refractivity contribution in [1.29, 1.82) is 0 Å². The first-order chi connectivity index (χ1) is 10.4. The van der Waals surface area contributed by atoms with E-state index in [0.29, 0.717) is 6.04 Å². The number of methoxy groups -OCH3 is 1. The number of fused-ring (bicyclic) bond motifs is 3. The summed E-state index contributed by atoms with van der Waals surface area (Å²) in [7, 11) is 0.257. The number of sulfonamides is 1. The van der Waals surface area contributed by atoms with Crippen LogP contribution in [0.25, 0.3) is 0 Å². The zero-order valence-corrected chi connectivity index (χ0v) is 15.5. The predicted octanol–water partition coefficient (Wildman–Crippen LogP) is 2.07. The van der Waals surface area contributed by atoms with Crippen molar-refractivity contribution in [2.24, 2.45) is 0 Å². The third kappa shape index (κ3) is 3.65. The van der Waals surface area contributed by atoms with Crippen LogP contribution in [0.15, 0.2) is 18.2 Å². The summed E-state index contributed by atoms with van der Waals surface area (Å²) < 4.78 is 30.5. The van der Waals surface area contributed by atoms with Gasteiger partial charge in [0.05, 0.1) is 13.4 Å². The second-order valence-corrected chi connectivity index (χ2v) is 8.37. The first kappa shape index (κ1) is 18.5. The van der Waals surface area contributed by atoms with Gasteiger partial charge in [-0.3, -0.25) is 4.90 Å². The zero-order chi connectivity index (χ0) is 15.9. The highest BCUT2D eigenvalue weighted by molar-refractivity contribution is 7.88. The number of ether oxygens (including phenoxy) is 1. The predicted molar refractivity (Wildman–Crippen MR) is 93.9 cm³/mol. The highest BCUT2D eigenvalue weighted by atomic mass is 35.5. The summed E-state index contributed by atoms with van der Waals surface area (Å²) in [5, 5.41) is 0. The third-order valence-corrected chi connectivity index (χ3v) is 6.44. The lowest BCUT2D eigenvalue weighted by atomic mass is 9.85. The van der Waals surface area contributed by atoms with Crippen LogP contribution in [0.2, 0.25) is 0 Å². The Morgan fingerprint density at radius 3 is 2.70 bits per heavy atom. The fourth-order valence-corrected chi connectivity index (χ4v) is 4.44. The molecule has 0 saturated carbocycles. The lowest BCUT2D eigenvalue weighted by Gasteiger charge is -2.45. The molecule has 2 heterocycles. The van der Waals surface area contributed by atoms with Crippen molar-refractivity contribution in [2.75, 3.05) is 33.5 Å². The molecule has 1 aromatic carbocycles. The summed E-state index contributed by atoms with van der Waals surface area (Å²) in [4.78, 5) is 2.49. The van der Waals surface area contributed by atoms with E-state index in [1.807, 2.05) is 6.07 Å². The zero-order valence-electron chi connectivity index (χ0n) is 13.9. The van der Waals surface area contributed by atoms with E-state index in [9.17, 15) is 8.42 Å². The van der Waals surface area contributed by atoms with E-state index in [2.05, 4.69) is 17.0 Å². The molecule has 0 N–H and O–H groups in total. The largest absolute Gasteiger partial charge is 0.497 e. The standard InChI is InChI=1S/C16H24N2O3S.ClH/c1-17(22(3,19)20)13-7-9-18-8-6-12-10-14(21-2)4-5-15(12)16(18)11-13;/h4-5,10,13,16H,6-9,11H2,1-3H3;1H. The summed E-state index contributed by atoms with van der Waals surface area (Å²) in [5.41, 5.74) is 2.67. The molecule has 130 valence electrons. The molecule has 0 aliphatic carbocycles. The van der Waals surface area contributed by atoms with Gasteiger partial charge in [-0.2, -0.15) is 0 Å². The summed E-state index contributed by atoms with van der Waals surface area (Å²) in [5.74, 6) is 0.896. The van der Waals surface area contributed by atoms with Crippen LogP contribution < -0.4 is 4.74 Å². The van der Waals surface area contributed by atoms with Gasteiger partial charge in [0.1, 0.15) is 5.75 Å². The number of benzene rings is 1. The van der Waals surface area contributed by atoms with Crippen LogP contribution in [0.4, 0.5) is 0 Å². The Bertz CT molecular complexity index is 665. The van der Waals surface area contributed by atoms with Crippen molar-refractivity contribution in [3.8, 4) is 5.75 Å². The van der Waals surface area contributed by atoms with Gasteiger partial charge in [-0.15, -0.1) is 12.4 Å². The van der Waals surface area contributed by atoms with Crippen LogP contribution in [0.1, 0.15) is 30.0 Å². The highest BCUT2D eigenvalue weighted by Crippen LogP contribution is 2.39. The molecule has 0 amide bonds. The Hall–Kier alpha value is -0.820. The molecule has 2 atom stereocenters. The molecule has 0 spiro atoms. The van der Waals surface area contributed by atoms with Gasteiger partial charge in [0.2, 0.25) is 10.0 Å². The van der Waals surface area contributed by atoms with E-state index in [0.717, 1.165) is 38.1 Å². The maximum absolute atomic E-state index is 11.8. The lowest BCUT2D eigenvalue weighted by molar-refractivity contribution is 0.0971. The summed E-state index contributed by atoms with van der Waals surface area (Å²) >= 11 is 0. The van der Waals surface area contributed by atoms with Crippen molar-refractivity contribution < 1.29 is 13.2 Å². The normalized spacial score (nSPS) is 24.5. The fraction of sp³-hybridized carbons (Fsp3) is 0.625. The molecule has 23 heavy (non-hydrogen) atoms. The highest BCUT2D eigenvalue weighted by Gasteiger charge is 2.36. The number of hydrogen-bond acceptors (Lipinski definition) is 4. The van der Waals surface area contributed by atoms with Gasteiger partial charge in [0.15, 0.2) is 0 Å². The van der Waals surface area contributed by atoms with Gasteiger partial charge in [0, 0.05) is 32.2 Å². The van der Waals surface area contributed by atoms with Gasteiger partial charge >= 0.3 is 0 Å². The Morgan fingerprint density at radius 1 is 1.30 bits per heavy atom. The molecule has 0 aromatic heterocycles. The molecular weight excluding hydrogens is 336 g/mol. The minimum atomic E-state index is -3.13. The number of rotatable bonds is 3. The van der Waals surface area contributed by atoms with Crippen LogP contribution in [0.5, 0.6) is 5.75 Å². The summed E-state index contributed by atoms with van der Waals surface area (Å²) in [6.07, 6.45) is 4.10. The first-order valence-electron chi connectivity index (χ1n) is 7.74. The van der Waals surface area contributed by atoms with Gasteiger partial charge in [-0.05, 0) is 42.5 Å². The monoisotopic (exact) mass is 360 g/mol. The molecule has 0 radical (unpaired) electrons. The molecule has 2 unspecified atom stereocenters. The van der Waals surface area contributed by atoms with Crippen molar-refractivity contribution in [3.63, 3.8) is 0 Å². The van der Waals surface area contributed by atoms with Gasteiger partial charge in [-0.1, -0.05) is 6.07 Å². The molecule has 1 fully saturated rings. The van der Waals surface area contributed by atoms with E-state index in [1.165, 1.54) is 17.4 Å². The summed E-state index contributed by atoms with van der Waals surface area (Å²) in [6.45, 7) is 2.00. The van der Waals surface area contributed by atoms with Crippen LogP contribution in [-0.4, -0.2) is 57.2 Å². The smallest absolute Gasteiger partial charge is 0.211 e. The van der Waals surface area contributed by atoms with E-state index >= 15 is 0 Å². The molecule has 1 aromatic rings. The van der Waals surface area contributed by atoms with Gasteiger partial charge in [-0.25, -0.2) is 12.7 Å². The Balaban J connectivity index is 0.00000192. The maximum Gasteiger partial charge on any atom is 0.211 e. The van der Waals surface area contributed by atoms with Crippen LogP contribution in [0.3, 0.4) is 0 Å². The van der Waals surface area contributed by atoms with Crippen molar-refractivity contribution in [3.05, 3.63) is 29.3 Å². The number of piperidine rings is 1. The molecule has 2 aliphatic rings. The number of hydrogen-bond donors (Lipinski definition) is 0. The molecule has 3 rings (SSSR count). The molecule has 7 heteroatoms. The van der Waals surface area contributed by atoms with E-state index in [1.54, 1.807) is 18.5 Å². The second kappa shape index (κ2) is 6.97. The minimum absolute atomic E-state index is 0. The van der Waals surface area contributed by atoms with Crippen LogP contribution >= 0.6 is 12.4 Å². The minimum Gasteiger partial charge on any atom is -0.497 e. The van der Waals surface area contributed by atoms with E-state index in [-0.39, 0.29) is 18.4 Å². The molecular formula is C16H25ClN2O3S. The van der Waals surface area contributed by atoms with Gasteiger partial charge in [0.25, 0.3) is 0 Å². The SMILES string of the molecule is COc1ccc2c(c1)CCN1CCC(N(C)S(C)(=O)=O)CC21.Cl. The topological polar surface area (TPSA) is 49.9 Å². The quantitative estimate of drug-likeness (QED) is 0.828.